The first-order chi connectivity index (χ1) is 18.8. The van der Waals surface area contributed by atoms with E-state index in [4.69, 9.17) is 10.5 Å². The van der Waals surface area contributed by atoms with Crippen molar-refractivity contribution in [1.29, 1.82) is 0 Å². The van der Waals surface area contributed by atoms with Gasteiger partial charge < -0.3 is 25.8 Å². The molecule has 3 aromatic rings. The van der Waals surface area contributed by atoms with Crippen LogP contribution < -0.4 is 20.7 Å². The van der Waals surface area contributed by atoms with Gasteiger partial charge in [0.05, 0.1) is 12.3 Å². The summed E-state index contributed by atoms with van der Waals surface area (Å²) < 4.78 is 5.92. The van der Waals surface area contributed by atoms with Crippen LogP contribution in [-0.2, 0) is 13.2 Å². The van der Waals surface area contributed by atoms with E-state index in [0.717, 1.165) is 55.0 Å². The van der Waals surface area contributed by atoms with Crippen molar-refractivity contribution >= 4 is 24.0 Å². The molecular weight excluding hydrogens is 490 g/mol. The molecule has 1 fully saturated rings. The second-order valence-electron chi connectivity index (χ2n) is 9.95. The van der Waals surface area contributed by atoms with E-state index in [0.29, 0.717) is 22.7 Å². The van der Waals surface area contributed by atoms with Gasteiger partial charge in [0.15, 0.2) is 0 Å². The Balaban J connectivity index is 1.54. The molecule has 0 radical (unpaired) electrons. The molecule has 1 aliphatic heterocycles. The Labute approximate surface area is 230 Å². The number of nitrogens with zero attached hydrogens (tertiary/aromatic N) is 3. The SMILES string of the molecule is C=N/C(C)=C\N(C)c1cc(CN2CCC[C@H](N)C2)cc(NC(=O)c2cccc(Oc3ccc(CO)cc3)c2)c1. The molecule has 1 heterocycles. The highest BCUT2D eigenvalue weighted by atomic mass is 16.5. The van der Waals surface area contributed by atoms with E-state index in [9.17, 15) is 9.90 Å². The Morgan fingerprint density at radius 2 is 1.97 bits per heavy atom. The van der Waals surface area contributed by atoms with Crippen LogP contribution >= 0.6 is 0 Å². The van der Waals surface area contributed by atoms with E-state index >= 15 is 0 Å². The maximum atomic E-state index is 13.3. The number of aliphatic imine (C=N–C) groups is 1. The molecule has 39 heavy (non-hydrogen) atoms. The zero-order valence-electron chi connectivity index (χ0n) is 22.6. The molecular formula is C31H37N5O3. The number of piperidine rings is 1. The van der Waals surface area contributed by atoms with Gasteiger partial charge in [0, 0.05) is 49.3 Å². The summed E-state index contributed by atoms with van der Waals surface area (Å²) in [6.07, 6.45) is 4.04. The number of hydrogen-bond donors (Lipinski definition) is 3. The van der Waals surface area contributed by atoms with Gasteiger partial charge in [-0.3, -0.25) is 14.7 Å². The molecule has 0 unspecified atom stereocenters. The van der Waals surface area contributed by atoms with Gasteiger partial charge in [0.1, 0.15) is 11.5 Å². The summed E-state index contributed by atoms with van der Waals surface area (Å²) in [5, 5.41) is 12.3. The molecule has 0 bridgehead atoms. The fourth-order valence-electron chi connectivity index (χ4n) is 4.63. The number of likely N-dealkylation sites (tertiary alicyclic amines) is 1. The predicted molar refractivity (Wildman–Crippen MR) is 157 cm³/mol. The number of aliphatic hydroxyl groups is 1. The molecule has 4 rings (SSSR count). The molecule has 0 aromatic heterocycles. The molecule has 4 N–H and O–H groups in total. The number of rotatable bonds is 10. The zero-order valence-corrected chi connectivity index (χ0v) is 22.6. The van der Waals surface area contributed by atoms with Crippen LogP contribution in [0.4, 0.5) is 11.4 Å². The van der Waals surface area contributed by atoms with Crippen LogP contribution in [0.25, 0.3) is 0 Å². The normalized spacial score (nSPS) is 16.0. The Kier molecular flexibility index (Phi) is 9.49. The van der Waals surface area contributed by atoms with Gasteiger partial charge in [-0.15, -0.1) is 0 Å². The molecule has 0 aliphatic carbocycles. The van der Waals surface area contributed by atoms with Gasteiger partial charge >= 0.3 is 0 Å². The lowest BCUT2D eigenvalue weighted by Crippen LogP contribution is -2.42. The van der Waals surface area contributed by atoms with Crippen molar-refractivity contribution in [3.63, 3.8) is 0 Å². The first-order valence-corrected chi connectivity index (χ1v) is 13.1. The van der Waals surface area contributed by atoms with Crippen LogP contribution in [0, 0.1) is 0 Å². The highest BCUT2D eigenvalue weighted by Gasteiger charge is 2.18. The third-order valence-electron chi connectivity index (χ3n) is 6.66. The summed E-state index contributed by atoms with van der Waals surface area (Å²) in [7, 11) is 1.95. The summed E-state index contributed by atoms with van der Waals surface area (Å²) in [6, 6.07) is 20.5. The van der Waals surface area contributed by atoms with Gasteiger partial charge in [-0.25, -0.2) is 0 Å². The minimum absolute atomic E-state index is 0.0265. The highest BCUT2D eigenvalue weighted by Crippen LogP contribution is 2.27. The van der Waals surface area contributed by atoms with Crippen molar-refractivity contribution < 1.29 is 14.6 Å². The van der Waals surface area contributed by atoms with Gasteiger partial charge in [0.2, 0.25) is 0 Å². The molecule has 3 aromatic carbocycles. The van der Waals surface area contributed by atoms with Crippen LogP contribution in [0.15, 0.2) is 83.6 Å². The lowest BCUT2D eigenvalue weighted by Gasteiger charge is -2.31. The fraction of sp³-hybridized carbons (Fsp3) is 0.290. The second kappa shape index (κ2) is 13.2. The van der Waals surface area contributed by atoms with Crippen LogP contribution in [0.2, 0.25) is 0 Å². The van der Waals surface area contributed by atoms with Gasteiger partial charge in [0.25, 0.3) is 5.91 Å². The number of nitrogens with two attached hydrogens (primary N) is 1. The summed E-state index contributed by atoms with van der Waals surface area (Å²) in [5.41, 5.74) is 11.0. The van der Waals surface area contributed by atoms with Gasteiger partial charge in [-0.1, -0.05) is 18.2 Å². The third-order valence-corrected chi connectivity index (χ3v) is 6.66. The molecule has 1 aliphatic rings. The van der Waals surface area contributed by atoms with Gasteiger partial charge in [-0.05, 0) is 92.7 Å². The summed E-state index contributed by atoms with van der Waals surface area (Å²) in [4.78, 5) is 21.6. The van der Waals surface area contributed by atoms with Crippen molar-refractivity contribution in [3.05, 3.63) is 95.3 Å². The zero-order chi connectivity index (χ0) is 27.8. The number of anilines is 2. The van der Waals surface area contributed by atoms with Crippen molar-refractivity contribution in [2.75, 3.05) is 30.4 Å². The van der Waals surface area contributed by atoms with E-state index in [1.54, 1.807) is 48.5 Å². The Hall–Kier alpha value is -3.98. The van der Waals surface area contributed by atoms with Crippen LogP contribution in [-0.4, -0.2) is 48.8 Å². The number of nitrogens with one attached hydrogen (secondary N) is 1. The minimum atomic E-state index is -0.235. The van der Waals surface area contributed by atoms with Crippen molar-refractivity contribution in [2.45, 2.75) is 39.0 Å². The molecule has 0 spiro atoms. The topological polar surface area (TPSA) is 103 Å². The molecule has 1 saturated heterocycles. The maximum absolute atomic E-state index is 13.3. The van der Waals surface area contributed by atoms with Gasteiger partial charge in [-0.2, -0.15) is 0 Å². The Morgan fingerprint density at radius 3 is 2.69 bits per heavy atom. The molecule has 1 atom stereocenters. The smallest absolute Gasteiger partial charge is 0.255 e. The number of allylic oxidation sites excluding steroid dienone is 1. The van der Waals surface area contributed by atoms with Crippen LogP contribution in [0.3, 0.4) is 0 Å². The van der Waals surface area contributed by atoms with Crippen molar-refractivity contribution in [3.8, 4) is 11.5 Å². The average molecular weight is 528 g/mol. The van der Waals surface area contributed by atoms with Crippen LogP contribution in [0.1, 0.15) is 41.3 Å². The summed E-state index contributed by atoms with van der Waals surface area (Å²) in [6.45, 7) is 8.07. The number of benzene rings is 3. The van der Waals surface area contributed by atoms with E-state index in [1.165, 1.54) is 0 Å². The van der Waals surface area contributed by atoms with E-state index < -0.39 is 0 Å². The number of ether oxygens (including phenoxy) is 1. The number of carbonyl (C=O) groups is 1. The lowest BCUT2D eigenvalue weighted by molar-refractivity contribution is 0.102. The number of aliphatic hydroxyl groups excluding tert-OH is 1. The molecule has 1 amide bonds. The quantitative estimate of drug-likeness (QED) is 0.315. The number of carbonyl (C=O) groups excluding carboxylic acids is 1. The summed E-state index contributed by atoms with van der Waals surface area (Å²) >= 11 is 0. The summed E-state index contributed by atoms with van der Waals surface area (Å²) in [5.74, 6) is 0.939. The van der Waals surface area contributed by atoms with Crippen molar-refractivity contribution in [1.82, 2.24) is 4.90 Å². The first kappa shape index (κ1) is 28.0. The second-order valence-corrected chi connectivity index (χ2v) is 9.95. The predicted octanol–water partition coefficient (Wildman–Crippen LogP) is 5.14. The monoisotopic (exact) mass is 527 g/mol. The van der Waals surface area contributed by atoms with Crippen LogP contribution in [0.5, 0.6) is 11.5 Å². The first-order valence-electron chi connectivity index (χ1n) is 13.1. The lowest BCUT2D eigenvalue weighted by atomic mass is 10.0. The molecule has 8 heteroatoms. The minimum Gasteiger partial charge on any atom is -0.457 e. The standard InChI is InChI=1S/C31H37N5O3/c1-22(33-2)18-35(3)28-15-24(19-36-13-5-7-26(32)20-36)14-27(17-28)34-31(38)25-6-4-8-30(16-25)39-29-11-9-23(21-37)10-12-29/h4,6,8-12,14-18,26,37H,2,5,7,13,19-21,32H2,1,3H3,(H,34,38)/b22-18-/t26-/m0/s1. The molecule has 0 saturated carbocycles. The van der Waals surface area contributed by atoms with E-state index in [1.807, 2.05) is 37.2 Å². The van der Waals surface area contributed by atoms with E-state index in [2.05, 4.69) is 28.0 Å². The fourth-order valence-corrected chi connectivity index (χ4v) is 4.63. The maximum Gasteiger partial charge on any atom is 0.255 e. The highest BCUT2D eigenvalue weighted by molar-refractivity contribution is 6.04. The number of amides is 1. The Morgan fingerprint density at radius 1 is 1.18 bits per heavy atom. The molecule has 204 valence electrons. The van der Waals surface area contributed by atoms with Crippen molar-refractivity contribution in [2.24, 2.45) is 10.7 Å². The number of hydrogen-bond acceptors (Lipinski definition) is 7. The largest absolute Gasteiger partial charge is 0.457 e. The Bertz CT molecular complexity index is 1320. The van der Waals surface area contributed by atoms with E-state index in [-0.39, 0.29) is 18.6 Å². The average Bonchev–Trinajstić information content (AvgIpc) is 2.93. The third kappa shape index (κ3) is 8.00. The molecule has 8 nitrogen and oxygen atoms in total.